The van der Waals surface area contributed by atoms with Crippen LogP contribution in [0, 0.1) is 10.8 Å². The molecule has 4 rings (SSSR count). The molecule has 2 aliphatic heterocycles. The number of likely N-dealkylation sites (tertiary alicyclic amines) is 2. The second-order valence-electron chi connectivity index (χ2n) is 11.5. The molecule has 33 heavy (non-hydrogen) atoms. The van der Waals surface area contributed by atoms with Crippen LogP contribution in [0.4, 0.5) is 4.79 Å². The van der Waals surface area contributed by atoms with E-state index in [1.54, 1.807) is 11.0 Å². The molecule has 178 valence electrons. The summed E-state index contributed by atoms with van der Waals surface area (Å²) in [5, 5.41) is 13.7. The minimum atomic E-state index is -0.945. The van der Waals surface area contributed by atoms with E-state index in [1.165, 1.54) is 4.90 Å². The molecule has 0 aliphatic carbocycles. The van der Waals surface area contributed by atoms with Crippen LogP contribution in [0.25, 0.3) is 10.9 Å². The van der Waals surface area contributed by atoms with Crippen LogP contribution in [0.5, 0.6) is 0 Å². The lowest BCUT2D eigenvalue weighted by Crippen LogP contribution is -2.65. The first-order valence-corrected chi connectivity index (χ1v) is 11.4. The van der Waals surface area contributed by atoms with Gasteiger partial charge in [-0.15, -0.1) is 0 Å². The van der Waals surface area contributed by atoms with Crippen molar-refractivity contribution in [3.63, 3.8) is 0 Å². The molecule has 1 aromatic carbocycles. The fourth-order valence-corrected chi connectivity index (χ4v) is 5.41. The van der Waals surface area contributed by atoms with Crippen LogP contribution in [0.1, 0.15) is 58.5 Å². The molecule has 3 N–H and O–H groups in total. The molecule has 2 fully saturated rings. The van der Waals surface area contributed by atoms with Gasteiger partial charge in [-0.1, -0.05) is 59.7 Å². The summed E-state index contributed by atoms with van der Waals surface area (Å²) in [4.78, 5) is 45.3. The first-order chi connectivity index (χ1) is 15.2. The van der Waals surface area contributed by atoms with Gasteiger partial charge in [-0.25, -0.2) is 4.79 Å². The Balaban J connectivity index is 1.59. The smallest absolute Gasteiger partial charge is 0.407 e. The summed E-state index contributed by atoms with van der Waals surface area (Å²) >= 11 is 0. The van der Waals surface area contributed by atoms with Gasteiger partial charge in [-0.2, -0.15) is 0 Å². The van der Waals surface area contributed by atoms with Crippen molar-refractivity contribution in [2.45, 2.75) is 65.6 Å². The summed E-state index contributed by atoms with van der Waals surface area (Å²) in [6, 6.07) is 8.49. The Bertz CT molecular complexity index is 1080. The second-order valence-corrected chi connectivity index (χ2v) is 11.5. The highest BCUT2D eigenvalue weighted by Gasteiger charge is 2.63. The van der Waals surface area contributed by atoms with Gasteiger partial charge < -0.3 is 20.3 Å². The van der Waals surface area contributed by atoms with E-state index in [-0.39, 0.29) is 23.3 Å². The second kappa shape index (κ2) is 7.50. The number of hydrogen-bond acceptors (Lipinski definition) is 3. The maximum atomic E-state index is 13.8. The molecule has 3 heterocycles. The van der Waals surface area contributed by atoms with Crippen LogP contribution < -0.4 is 5.32 Å². The summed E-state index contributed by atoms with van der Waals surface area (Å²) in [6.07, 6.45) is -0.333. The number of benzene rings is 1. The van der Waals surface area contributed by atoms with Crippen molar-refractivity contribution >= 4 is 28.8 Å². The number of carbonyl (C=O) groups excluding carboxylic acids is 2. The van der Waals surface area contributed by atoms with Gasteiger partial charge in [-0.3, -0.25) is 14.5 Å². The van der Waals surface area contributed by atoms with Gasteiger partial charge >= 0.3 is 6.09 Å². The molecule has 2 bridgehead atoms. The lowest BCUT2D eigenvalue weighted by Gasteiger charge is -2.49. The van der Waals surface area contributed by atoms with Crippen molar-refractivity contribution < 1.29 is 19.5 Å². The first kappa shape index (κ1) is 23.1. The number of hydrogen-bond donors (Lipinski definition) is 3. The number of para-hydroxylation sites is 1. The lowest BCUT2D eigenvalue weighted by molar-refractivity contribution is -0.140. The number of rotatable bonds is 3. The maximum Gasteiger partial charge on any atom is 0.407 e. The molecule has 2 aliphatic rings. The number of fused-ring (bicyclic) bond motifs is 3. The van der Waals surface area contributed by atoms with Gasteiger partial charge in [0.15, 0.2) is 0 Å². The van der Waals surface area contributed by atoms with Crippen molar-refractivity contribution in [1.29, 1.82) is 0 Å². The van der Waals surface area contributed by atoms with Gasteiger partial charge in [-0.05, 0) is 29.4 Å². The lowest BCUT2D eigenvalue weighted by atomic mass is 9.73. The highest BCUT2D eigenvalue weighted by molar-refractivity contribution is 6.00. The molecule has 3 atom stereocenters. The SMILES string of the molecule is CC(C)(C)[C@H](NC(=O)c1cc2ccccc2[nH]1)C(=O)N1C[C@@]2(C(C)(C)C)C[C@H]1CN2C(=O)O. The zero-order valence-corrected chi connectivity index (χ0v) is 20.2. The molecule has 3 amide bonds. The summed E-state index contributed by atoms with van der Waals surface area (Å²) in [6.45, 7) is 12.5. The molecule has 2 aromatic rings. The van der Waals surface area contributed by atoms with Gasteiger partial charge in [0.2, 0.25) is 5.91 Å². The molecular formula is C25H34N4O4. The number of carbonyl (C=O) groups is 3. The molecule has 8 nitrogen and oxygen atoms in total. The standard InChI is InChI=1S/C25H34N4O4/c1-23(2,3)19(27-20(30)18-11-15-9-7-8-10-17(15)26-18)21(31)28-14-25(24(4,5)6)12-16(28)13-29(25)22(32)33/h7-11,16,19,26H,12-14H2,1-6H3,(H,27,30)(H,32,33)/t16-,19+,25+/m0/s1. The summed E-state index contributed by atoms with van der Waals surface area (Å²) in [5.74, 6) is -0.491. The van der Waals surface area contributed by atoms with Gasteiger partial charge in [0.25, 0.3) is 5.91 Å². The van der Waals surface area contributed by atoms with Crippen LogP contribution in [0.15, 0.2) is 30.3 Å². The van der Waals surface area contributed by atoms with Crippen LogP contribution in [0.2, 0.25) is 0 Å². The fraction of sp³-hybridized carbons (Fsp3) is 0.560. The van der Waals surface area contributed by atoms with E-state index in [9.17, 15) is 19.5 Å². The summed E-state index contributed by atoms with van der Waals surface area (Å²) in [5.41, 5.74) is -0.228. The van der Waals surface area contributed by atoms with Crippen LogP contribution in [-0.4, -0.2) is 68.5 Å². The number of piperazine rings is 1. The van der Waals surface area contributed by atoms with Crippen LogP contribution >= 0.6 is 0 Å². The molecule has 0 radical (unpaired) electrons. The largest absolute Gasteiger partial charge is 0.465 e. The minimum Gasteiger partial charge on any atom is -0.465 e. The van der Waals surface area contributed by atoms with Crippen LogP contribution in [-0.2, 0) is 4.79 Å². The number of amides is 3. The molecular weight excluding hydrogens is 420 g/mol. The van der Waals surface area contributed by atoms with Crippen molar-refractivity contribution in [2.75, 3.05) is 13.1 Å². The highest BCUT2D eigenvalue weighted by Crippen LogP contribution is 2.50. The van der Waals surface area contributed by atoms with Crippen molar-refractivity contribution in [2.24, 2.45) is 10.8 Å². The zero-order valence-electron chi connectivity index (χ0n) is 20.2. The monoisotopic (exact) mass is 454 g/mol. The van der Waals surface area contributed by atoms with E-state index >= 15 is 0 Å². The molecule has 0 unspecified atom stereocenters. The average molecular weight is 455 g/mol. The maximum absolute atomic E-state index is 13.8. The van der Waals surface area contributed by atoms with E-state index < -0.39 is 23.1 Å². The van der Waals surface area contributed by atoms with Crippen molar-refractivity contribution in [3.05, 3.63) is 36.0 Å². The normalized spacial score (nSPS) is 23.8. The Morgan fingerprint density at radius 2 is 1.82 bits per heavy atom. The number of H-pyrrole nitrogens is 1. The first-order valence-electron chi connectivity index (χ1n) is 11.4. The average Bonchev–Trinajstić information content (AvgIpc) is 3.41. The predicted molar refractivity (Wildman–Crippen MR) is 126 cm³/mol. The van der Waals surface area contributed by atoms with Crippen LogP contribution in [0.3, 0.4) is 0 Å². The highest BCUT2D eigenvalue weighted by atomic mass is 16.4. The number of aromatic nitrogens is 1. The third-order valence-electron chi connectivity index (χ3n) is 7.43. The van der Waals surface area contributed by atoms with Gasteiger partial charge in [0, 0.05) is 24.0 Å². The zero-order chi connectivity index (χ0) is 24.3. The van der Waals surface area contributed by atoms with Crippen molar-refractivity contribution in [3.8, 4) is 0 Å². The van der Waals surface area contributed by atoms with E-state index in [1.807, 2.05) is 65.8 Å². The Morgan fingerprint density at radius 1 is 1.15 bits per heavy atom. The van der Waals surface area contributed by atoms with E-state index in [4.69, 9.17) is 0 Å². The van der Waals surface area contributed by atoms with E-state index in [0.717, 1.165) is 10.9 Å². The molecule has 0 spiro atoms. The molecule has 0 saturated carbocycles. The number of nitrogens with zero attached hydrogens (tertiary/aromatic N) is 2. The topological polar surface area (TPSA) is 106 Å². The summed E-state index contributed by atoms with van der Waals surface area (Å²) in [7, 11) is 0. The Hall–Kier alpha value is -3.03. The molecule has 8 heteroatoms. The quantitative estimate of drug-likeness (QED) is 0.658. The number of nitrogens with one attached hydrogen (secondary N) is 2. The Morgan fingerprint density at radius 3 is 2.39 bits per heavy atom. The molecule has 1 aromatic heterocycles. The third kappa shape index (κ3) is 3.75. The third-order valence-corrected chi connectivity index (χ3v) is 7.43. The Labute approximate surface area is 194 Å². The van der Waals surface area contributed by atoms with Gasteiger partial charge in [0.05, 0.1) is 11.6 Å². The number of aromatic amines is 1. The van der Waals surface area contributed by atoms with Gasteiger partial charge in [0.1, 0.15) is 11.7 Å². The van der Waals surface area contributed by atoms with E-state index in [2.05, 4.69) is 10.3 Å². The molecule has 2 saturated heterocycles. The predicted octanol–water partition coefficient (Wildman–Crippen LogP) is 3.69. The summed E-state index contributed by atoms with van der Waals surface area (Å²) < 4.78 is 0. The van der Waals surface area contributed by atoms with Crippen molar-refractivity contribution in [1.82, 2.24) is 20.1 Å². The van der Waals surface area contributed by atoms with E-state index in [0.29, 0.717) is 25.2 Å². The minimum absolute atomic E-state index is 0.159. The number of carboxylic acid groups (broad SMARTS) is 1. The fourth-order valence-electron chi connectivity index (χ4n) is 5.41. The Kier molecular flexibility index (Phi) is 5.26.